The molecule has 6 heteroatoms. The number of carbonyl (C=O) groups is 2. The summed E-state index contributed by atoms with van der Waals surface area (Å²) < 4.78 is 1.89. The minimum absolute atomic E-state index is 0.206. The lowest BCUT2D eigenvalue weighted by molar-refractivity contribution is 0.0937. The molecule has 114 valence electrons. The van der Waals surface area contributed by atoms with Crippen LogP contribution in [0.5, 0.6) is 0 Å². The molecule has 2 N–H and O–H groups in total. The molecule has 0 fully saturated rings. The fourth-order valence-corrected chi connectivity index (χ4v) is 2.46. The molecular weight excluding hydrogens is 268 g/mol. The zero-order valence-electron chi connectivity index (χ0n) is 12.4. The molecule has 0 bridgehead atoms. The lowest BCUT2D eigenvalue weighted by Crippen LogP contribution is -2.28. The maximum atomic E-state index is 12.2. The normalized spacial score (nSPS) is 13.4. The second kappa shape index (κ2) is 7.06. The third-order valence-electron chi connectivity index (χ3n) is 3.48. The highest BCUT2D eigenvalue weighted by Gasteiger charge is 2.26. The Kier molecular flexibility index (Phi) is 5.14. The molecule has 0 saturated carbocycles. The highest BCUT2D eigenvalue weighted by molar-refractivity contribution is 5.97. The van der Waals surface area contributed by atoms with E-state index in [9.17, 15) is 9.59 Å². The summed E-state index contributed by atoms with van der Waals surface area (Å²) in [7, 11) is 0. The van der Waals surface area contributed by atoms with Crippen LogP contribution in [0.25, 0.3) is 0 Å². The van der Waals surface area contributed by atoms with Crippen LogP contribution in [-0.2, 0) is 13.0 Å². The maximum Gasteiger partial charge on any atom is 0.287 e. The van der Waals surface area contributed by atoms with Crippen molar-refractivity contribution >= 4 is 11.8 Å². The minimum atomic E-state index is -0.241. The number of hydrogen-bond donors (Lipinski definition) is 2. The molecule has 0 aromatic carbocycles. The van der Waals surface area contributed by atoms with Crippen LogP contribution in [0.15, 0.2) is 12.7 Å². The average molecular weight is 290 g/mol. The molecular formula is C15H22N4O2. The van der Waals surface area contributed by atoms with Crippen molar-refractivity contribution in [2.24, 2.45) is 0 Å². The standard InChI is InChI=1S/C15H22N4O2/c1-3-8-16-14(20)12-11-7-5-6-10-19(11)13(18-12)15(21)17-9-4-2/h3H,1,4-10H2,2H3,(H,16,20)(H,17,21). The van der Waals surface area contributed by atoms with Gasteiger partial charge in [0, 0.05) is 19.6 Å². The van der Waals surface area contributed by atoms with Gasteiger partial charge >= 0.3 is 0 Å². The van der Waals surface area contributed by atoms with Crippen molar-refractivity contribution in [3.63, 3.8) is 0 Å². The van der Waals surface area contributed by atoms with Gasteiger partial charge in [-0.3, -0.25) is 9.59 Å². The van der Waals surface area contributed by atoms with E-state index < -0.39 is 0 Å². The van der Waals surface area contributed by atoms with Crippen LogP contribution in [0.2, 0.25) is 0 Å². The smallest absolute Gasteiger partial charge is 0.287 e. The molecule has 1 aromatic rings. The van der Waals surface area contributed by atoms with Gasteiger partial charge in [0.15, 0.2) is 5.82 Å². The number of hydrogen-bond acceptors (Lipinski definition) is 3. The third-order valence-corrected chi connectivity index (χ3v) is 3.48. The topological polar surface area (TPSA) is 76.0 Å². The predicted molar refractivity (Wildman–Crippen MR) is 80.3 cm³/mol. The molecule has 1 aromatic heterocycles. The number of rotatable bonds is 6. The summed E-state index contributed by atoms with van der Waals surface area (Å²) in [4.78, 5) is 28.6. The van der Waals surface area contributed by atoms with Crippen LogP contribution in [0.3, 0.4) is 0 Å². The Morgan fingerprint density at radius 1 is 1.33 bits per heavy atom. The Morgan fingerprint density at radius 3 is 2.86 bits per heavy atom. The van der Waals surface area contributed by atoms with E-state index in [0.29, 0.717) is 24.6 Å². The van der Waals surface area contributed by atoms with E-state index in [1.807, 2.05) is 11.5 Å². The summed E-state index contributed by atoms with van der Waals surface area (Å²) >= 11 is 0. The Bertz CT molecular complexity index is 548. The lowest BCUT2D eigenvalue weighted by atomic mass is 10.1. The minimum Gasteiger partial charge on any atom is -0.349 e. The molecule has 2 amide bonds. The SMILES string of the molecule is C=CCNC(=O)c1nc(C(=O)NCCC)n2c1CCCC2. The van der Waals surface area contributed by atoms with Gasteiger partial charge in [0.2, 0.25) is 0 Å². The van der Waals surface area contributed by atoms with Crippen molar-refractivity contribution in [2.75, 3.05) is 13.1 Å². The van der Waals surface area contributed by atoms with Gasteiger partial charge in [-0.05, 0) is 25.7 Å². The second-order valence-corrected chi connectivity index (χ2v) is 5.09. The van der Waals surface area contributed by atoms with Crippen molar-refractivity contribution < 1.29 is 9.59 Å². The zero-order chi connectivity index (χ0) is 15.2. The fourth-order valence-electron chi connectivity index (χ4n) is 2.46. The van der Waals surface area contributed by atoms with Crippen molar-refractivity contribution in [1.29, 1.82) is 0 Å². The largest absolute Gasteiger partial charge is 0.349 e. The molecule has 0 aliphatic carbocycles. The first kappa shape index (κ1) is 15.3. The van der Waals surface area contributed by atoms with E-state index in [-0.39, 0.29) is 11.8 Å². The number of imidazole rings is 1. The number of amides is 2. The van der Waals surface area contributed by atoms with Crippen molar-refractivity contribution in [1.82, 2.24) is 20.2 Å². The van der Waals surface area contributed by atoms with E-state index in [1.54, 1.807) is 6.08 Å². The first-order valence-corrected chi connectivity index (χ1v) is 7.45. The first-order chi connectivity index (χ1) is 10.2. The van der Waals surface area contributed by atoms with Gasteiger partial charge in [-0.2, -0.15) is 0 Å². The van der Waals surface area contributed by atoms with Gasteiger partial charge in [-0.1, -0.05) is 13.0 Å². The molecule has 2 rings (SSSR count). The molecule has 6 nitrogen and oxygen atoms in total. The Morgan fingerprint density at radius 2 is 2.14 bits per heavy atom. The summed E-state index contributed by atoms with van der Waals surface area (Å²) in [6, 6.07) is 0. The molecule has 0 saturated heterocycles. The van der Waals surface area contributed by atoms with Gasteiger partial charge in [0.25, 0.3) is 11.8 Å². The lowest BCUT2D eigenvalue weighted by Gasteiger charge is -2.16. The van der Waals surface area contributed by atoms with Crippen molar-refractivity contribution in [2.45, 2.75) is 39.2 Å². The zero-order valence-corrected chi connectivity index (χ0v) is 12.4. The first-order valence-electron chi connectivity index (χ1n) is 7.45. The number of nitrogens with one attached hydrogen (secondary N) is 2. The molecule has 0 spiro atoms. The van der Waals surface area contributed by atoms with E-state index >= 15 is 0 Å². The highest BCUT2D eigenvalue weighted by atomic mass is 16.2. The monoisotopic (exact) mass is 290 g/mol. The summed E-state index contributed by atoms with van der Waals surface area (Å²) in [5.41, 5.74) is 1.24. The van der Waals surface area contributed by atoms with Gasteiger partial charge in [-0.15, -0.1) is 6.58 Å². The van der Waals surface area contributed by atoms with E-state index in [1.165, 1.54) is 0 Å². The highest BCUT2D eigenvalue weighted by Crippen LogP contribution is 2.21. The number of nitrogens with zero attached hydrogens (tertiary/aromatic N) is 2. The van der Waals surface area contributed by atoms with Crippen LogP contribution in [0.1, 0.15) is 53.0 Å². The second-order valence-electron chi connectivity index (χ2n) is 5.09. The van der Waals surface area contributed by atoms with E-state index in [0.717, 1.165) is 37.9 Å². The molecule has 21 heavy (non-hydrogen) atoms. The molecule has 0 atom stereocenters. The van der Waals surface area contributed by atoms with Crippen molar-refractivity contribution in [3.8, 4) is 0 Å². The summed E-state index contributed by atoms with van der Waals surface area (Å²) in [6.45, 7) is 7.32. The summed E-state index contributed by atoms with van der Waals surface area (Å²) in [6.07, 6.45) is 5.29. The Labute approximate surface area is 124 Å². The van der Waals surface area contributed by atoms with Crippen LogP contribution in [0.4, 0.5) is 0 Å². The van der Waals surface area contributed by atoms with Crippen LogP contribution >= 0.6 is 0 Å². The van der Waals surface area contributed by atoms with Gasteiger partial charge in [0.05, 0.1) is 5.69 Å². The molecule has 0 radical (unpaired) electrons. The predicted octanol–water partition coefficient (Wildman–Crippen LogP) is 1.27. The van der Waals surface area contributed by atoms with E-state index in [4.69, 9.17) is 0 Å². The maximum absolute atomic E-state index is 12.2. The average Bonchev–Trinajstić information content (AvgIpc) is 2.90. The van der Waals surface area contributed by atoms with Crippen LogP contribution < -0.4 is 10.6 Å². The van der Waals surface area contributed by atoms with Gasteiger partial charge < -0.3 is 15.2 Å². The number of carbonyl (C=O) groups excluding carboxylic acids is 2. The quantitative estimate of drug-likeness (QED) is 0.775. The molecule has 0 unspecified atom stereocenters. The fraction of sp³-hybridized carbons (Fsp3) is 0.533. The summed E-state index contributed by atoms with van der Waals surface area (Å²) in [5, 5.41) is 5.55. The van der Waals surface area contributed by atoms with Crippen LogP contribution in [0, 0.1) is 0 Å². The van der Waals surface area contributed by atoms with Gasteiger partial charge in [-0.25, -0.2) is 4.98 Å². The summed E-state index contributed by atoms with van der Waals surface area (Å²) in [5.74, 6) is -0.0974. The molecule has 1 aliphatic heterocycles. The Hall–Kier alpha value is -2.11. The van der Waals surface area contributed by atoms with E-state index in [2.05, 4.69) is 22.2 Å². The Balaban J connectivity index is 2.29. The molecule has 2 heterocycles. The third kappa shape index (κ3) is 3.32. The van der Waals surface area contributed by atoms with Gasteiger partial charge in [0.1, 0.15) is 5.69 Å². The van der Waals surface area contributed by atoms with Crippen LogP contribution in [-0.4, -0.2) is 34.5 Å². The number of aromatic nitrogens is 2. The number of fused-ring (bicyclic) bond motifs is 1. The molecule has 1 aliphatic rings. The van der Waals surface area contributed by atoms with Crippen molar-refractivity contribution in [3.05, 3.63) is 29.9 Å².